The molecule has 1 aromatic carbocycles. The maximum absolute atomic E-state index is 5.89. The molecule has 1 aliphatic rings. The zero-order chi connectivity index (χ0) is 11.8. The smallest absolute Gasteiger partial charge is 0.148 e. The number of aryl methyl sites for hydroxylation is 1. The van der Waals surface area contributed by atoms with Gasteiger partial charge in [0.2, 0.25) is 0 Å². The van der Waals surface area contributed by atoms with E-state index in [1.807, 2.05) is 36.0 Å². The Morgan fingerprint density at radius 1 is 1.29 bits per heavy atom. The van der Waals surface area contributed by atoms with Crippen molar-refractivity contribution >= 4 is 17.4 Å². The minimum Gasteiger partial charge on any atom is -0.366 e. The van der Waals surface area contributed by atoms with E-state index in [0.717, 1.165) is 22.1 Å². The highest BCUT2D eigenvalue weighted by atomic mass is 35.5. The highest BCUT2D eigenvalue weighted by Gasteiger charge is 2.22. The van der Waals surface area contributed by atoms with Gasteiger partial charge in [-0.1, -0.05) is 23.7 Å². The number of halogens is 1. The van der Waals surface area contributed by atoms with Crippen molar-refractivity contribution in [2.75, 3.05) is 5.32 Å². The second-order valence-corrected chi connectivity index (χ2v) is 4.90. The van der Waals surface area contributed by atoms with Crippen LogP contribution in [-0.2, 0) is 7.05 Å². The van der Waals surface area contributed by atoms with Crippen molar-refractivity contribution in [3.63, 3.8) is 0 Å². The third-order valence-corrected chi connectivity index (χ3v) is 3.20. The van der Waals surface area contributed by atoms with Gasteiger partial charge in [0.1, 0.15) is 5.82 Å². The van der Waals surface area contributed by atoms with Crippen molar-refractivity contribution in [3.05, 3.63) is 35.4 Å². The molecule has 0 radical (unpaired) electrons. The van der Waals surface area contributed by atoms with Gasteiger partial charge < -0.3 is 5.32 Å². The average molecular weight is 248 g/mol. The molecule has 0 aliphatic heterocycles. The summed E-state index contributed by atoms with van der Waals surface area (Å²) < 4.78 is 1.90. The molecule has 0 unspecified atom stereocenters. The maximum atomic E-state index is 5.89. The van der Waals surface area contributed by atoms with Crippen LogP contribution in [0.4, 0.5) is 5.82 Å². The van der Waals surface area contributed by atoms with Gasteiger partial charge in [0, 0.05) is 24.2 Å². The first kappa shape index (κ1) is 10.7. The summed E-state index contributed by atoms with van der Waals surface area (Å²) in [5, 5.41) is 8.62. The van der Waals surface area contributed by atoms with Crippen LogP contribution in [0, 0.1) is 0 Å². The predicted molar refractivity (Wildman–Crippen MR) is 70.3 cm³/mol. The Morgan fingerprint density at radius 3 is 2.65 bits per heavy atom. The molecule has 1 saturated carbocycles. The highest BCUT2D eigenvalue weighted by molar-refractivity contribution is 6.30. The zero-order valence-electron chi connectivity index (χ0n) is 9.65. The lowest BCUT2D eigenvalue weighted by Gasteiger charge is -2.00. The topological polar surface area (TPSA) is 29.9 Å². The summed E-state index contributed by atoms with van der Waals surface area (Å²) >= 11 is 5.89. The summed E-state index contributed by atoms with van der Waals surface area (Å²) in [7, 11) is 1.96. The van der Waals surface area contributed by atoms with Gasteiger partial charge in [-0.05, 0) is 30.5 Å². The molecule has 1 N–H and O–H groups in total. The Labute approximate surface area is 105 Å². The fourth-order valence-corrected chi connectivity index (χ4v) is 1.99. The van der Waals surface area contributed by atoms with E-state index < -0.39 is 0 Å². The van der Waals surface area contributed by atoms with Gasteiger partial charge >= 0.3 is 0 Å². The van der Waals surface area contributed by atoms with Crippen molar-refractivity contribution < 1.29 is 0 Å². The van der Waals surface area contributed by atoms with Crippen LogP contribution in [0.1, 0.15) is 12.8 Å². The van der Waals surface area contributed by atoms with Crippen LogP contribution in [0.15, 0.2) is 30.3 Å². The molecule has 0 atom stereocenters. The molecule has 0 bridgehead atoms. The largest absolute Gasteiger partial charge is 0.366 e. The Balaban J connectivity index is 1.90. The third-order valence-electron chi connectivity index (χ3n) is 2.95. The number of anilines is 1. The van der Waals surface area contributed by atoms with Gasteiger partial charge in [0.15, 0.2) is 0 Å². The molecule has 1 aromatic heterocycles. The fraction of sp³-hybridized carbons (Fsp3) is 0.308. The third kappa shape index (κ3) is 2.29. The molecule has 17 heavy (non-hydrogen) atoms. The van der Waals surface area contributed by atoms with Gasteiger partial charge in [-0.2, -0.15) is 5.10 Å². The van der Waals surface area contributed by atoms with Crippen molar-refractivity contribution in [1.82, 2.24) is 9.78 Å². The molecule has 1 fully saturated rings. The number of benzene rings is 1. The van der Waals surface area contributed by atoms with E-state index in [2.05, 4.69) is 16.5 Å². The van der Waals surface area contributed by atoms with E-state index >= 15 is 0 Å². The second kappa shape index (κ2) is 4.08. The van der Waals surface area contributed by atoms with Crippen LogP contribution >= 0.6 is 11.6 Å². The van der Waals surface area contributed by atoms with E-state index in [1.54, 1.807) is 0 Å². The number of hydrogen-bond donors (Lipinski definition) is 1. The molecular formula is C13H14ClN3. The summed E-state index contributed by atoms with van der Waals surface area (Å²) in [5.74, 6) is 0.958. The zero-order valence-corrected chi connectivity index (χ0v) is 10.4. The van der Waals surface area contributed by atoms with Gasteiger partial charge in [0.25, 0.3) is 0 Å². The van der Waals surface area contributed by atoms with Crippen LogP contribution in [0.5, 0.6) is 0 Å². The highest BCUT2D eigenvalue weighted by Crippen LogP contribution is 2.27. The van der Waals surface area contributed by atoms with Gasteiger partial charge in [-0.25, -0.2) is 0 Å². The molecule has 2 aromatic rings. The lowest BCUT2D eigenvalue weighted by molar-refractivity contribution is 0.776. The van der Waals surface area contributed by atoms with Crippen molar-refractivity contribution in [2.45, 2.75) is 18.9 Å². The summed E-state index contributed by atoms with van der Waals surface area (Å²) in [4.78, 5) is 0. The fourth-order valence-electron chi connectivity index (χ4n) is 1.87. The molecule has 0 spiro atoms. The molecule has 1 heterocycles. The number of nitrogens with one attached hydrogen (secondary N) is 1. The molecule has 4 heteroatoms. The van der Waals surface area contributed by atoms with E-state index in [9.17, 15) is 0 Å². The van der Waals surface area contributed by atoms with Crippen LogP contribution in [0.3, 0.4) is 0 Å². The first-order valence-corrected chi connectivity index (χ1v) is 6.17. The lowest BCUT2D eigenvalue weighted by Crippen LogP contribution is -2.01. The molecule has 1 aliphatic carbocycles. The van der Waals surface area contributed by atoms with Gasteiger partial charge in [-0.15, -0.1) is 0 Å². The second-order valence-electron chi connectivity index (χ2n) is 4.46. The minimum atomic E-state index is 0.628. The number of aromatic nitrogens is 2. The van der Waals surface area contributed by atoms with E-state index in [4.69, 9.17) is 11.6 Å². The molecule has 0 saturated heterocycles. The van der Waals surface area contributed by atoms with Crippen molar-refractivity contribution in [2.24, 2.45) is 7.05 Å². The average Bonchev–Trinajstić information content (AvgIpc) is 3.03. The summed E-state index contributed by atoms with van der Waals surface area (Å²) in [6.07, 6.45) is 2.51. The molecule has 3 nitrogen and oxygen atoms in total. The van der Waals surface area contributed by atoms with E-state index in [-0.39, 0.29) is 0 Å². The van der Waals surface area contributed by atoms with Crippen LogP contribution in [-0.4, -0.2) is 15.8 Å². The number of hydrogen-bond acceptors (Lipinski definition) is 2. The monoisotopic (exact) mass is 247 g/mol. The lowest BCUT2D eigenvalue weighted by atomic mass is 10.1. The Kier molecular flexibility index (Phi) is 2.56. The minimum absolute atomic E-state index is 0.628. The van der Waals surface area contributed by atoms with Crippen LogP contribution in [0.25, 0.3) is 11.3 Å². The quantitative estimate of drug-likeness (QED) is 0.902. The number of nitrogens with zero attached hydrogens (tertiary/aromatic N) is 2. The Bertz CT molecular complexity index is 526. The number of rotatable bonds is 3. The predicted octanol–water partition coefficient (Wildman–Crippen LogP) is 3.31. The molecular weight excluding hydrogens is 234 g/mol. The SMILES string of the molecule is Cn1nc(NC2CC2)cc1-c1ccc(Cl)cc1. The van der Waals surface area contributed by atoms with Crippen LogP contribution < -0.4 is 5.32 Å². The standard InChI is InChI=1S/C13H14ClN3/c1-17-12(9-2-4-10(14)5-3-9)8-13(16-17)15-11-6-7-11/h2-5,8,11H,6-7H2,1H3,(H,15,16). The Hall–Kier alpha value is -1.48. The maximum Gasteiger partial charge on any atom is 0.148 e. The summed E-state index contributed by atoms with van der Waals surface area (Å²) in [6.45, 7) is 0. The molecule has 3 rings (SSSR count). The molecule has 0 amide bonds. The van der Waals surface area contributed by atoms with Gasteiger partial charge in [0.05, 0.1) is 5.69 Å². The van der Waals surface area contributed by atoms with Crippen LogP contribution in [0.2, 0.25) is 5.02 Å². The first-order valence-electron chi connectivity index (χ1n) is 5.79. The van der Waals surface area contributed by atoms with E-state index in [0.29, 0.717) is 6.04 Å². The summed E-state index contributed by atoms with van der Waals surface area (Å²) in [5.41, 5.74) is 2.23. The normalized spacial score (nSPS) is 14.9. The Morgan fingerprint density at radius 2 is 2.00 bits per heavy atom. The van der Waals surface area contributed by atoms with Crippen molar-refractivity contribution in [3.8, 4) is 11.3 Å². The van der Waals surface area contributed by atoms with Gasteiger partial charge in [-0.3, -0.25) is 4.68 Å². The first-order chi connectivity index (χ1) is 8.22. The van der Waals surface area contributed by atoms with Crippen molar-refractivity contribution in [1.29, 1.82) is 0 Å². The summed E-state index contributed by atoms with van der Waals surface area (Å²) in [6, 6.07) is 10.5. The van der Waals surface area contributed by atoms with E-state index in [1.165, 1.54) is 12.8 Å². The molecule has 88 valence electrons.